The Hall–Kier alpha value is -2.45. The van der Waals surface area contributed by atoms with Crippen molar-refractivity contribution in [1.82, 2.24) is 5.32 Å². The first-order valence-electron chi connectivity index (χ1n) is 10.0. The Kier molecular flexibility index (Phi) is 7.10. The summed E-state index contributed by atoms with van der Waals surface area (Å²) in [5, 5.41) is 5.83. The summed E-state index contributed by atoms with van der Waals surface area (Å²) in [5.74, 6) is 0.359. The zero-order chi connectivity index (χ0) is 21.7. The van der Waals surface area contributed by atoms with Crippen molar-refractivity contribution in [1.29, 1.82) is 0 Å². The molecule has 2 aromatic carbocycles. The highest BCUT2D eigenvalue weighted by Crippen LogP contribution is 2.27. The van der Waals surface area contributed by atoms with Gasteiger partial charge >= 0.3 is 0 Å². The number of carbonyl (C=O) groups is 1. The largest absolute Gasteiger partial charge is 0.332 e. The number of carbonyl (C=O) groups excluding carboxylic acids is 1. The lowest BCUT2D eigenvalue weighted by atomic mass is 10.0. The van der Waals surface area contributed by atoms with Crippen LogP contribution in [0.1, 0.15) is 43.2 Å². The number of thiocarbonyl (C=S) groups is 1. The van der Waals surface area contributed by atoms with Gasteiger partial charge in [-0.25, -0.2) is 8.42 Å². The van der Waals surface area contributed by atoms with Gasteiger partial charge in [0.25, 0.3) is 10.0 Å². The van der Waals surface area contributed by atoms with Crippen molar-refractivity contribution in [3.05, 3.63) is 53.6 Å². The highest BCUT2D eigenvalue weighted by atomic mass is 32.2. The summed E-state index contributed by atoms with van der Waals surface area (Å²) in [4.78, 5) is 12.2. The van der Waals surface area contributed by atoms with Gasteiger partial charge < -0.3 is 10.6 Å². The highest BCUT2D eigenvalue weighted by Gasteiger charge is 2.19. The lowest BCUT2D eigenvalue weighted by molar-refractivity contribution is -0.120. The zero-order valence-electron chi connectivity index (χ0n) is 17.2. The van der Waals surface area contributed by atoms with E-state index in [2.05, 4.69) is 15.4 Å². The second-order valence-corrected chi connectivity index (χ2v) is 9.95. The van der Waals surface area contributed by atoms with E-state index in [0.717, 1.165) is 24.0 Å². The molecule has 0 saturated heterocycles. The van der Waals surface area contributed by atoms with Crippen molar-refractivity contribution >= 4 is 44.6 Å². The SMILES string of the molecule is Cc1cc(C)cc(NS(=O)(=O)c2ccc(NC(=S)NC(=O)CC3CCCC3)cc2)c1. The first kappa shape index (κ1) is 22.2. The van der Waals surface area contributed by atoms with Gasteiger partial charge in [0.2, 0.25) is 5.91 Å². The minimum Gasteiger partial charge on any atom is -0.332 e. The number of hydrogen-bond acceptors (Lipinski definition) is 4. The molecule has 0 unspecified atom stereocenters. The van der Waals surface area contributed by atoms with Crippen LogP contribution in [0.2, 0.25) is 0 Å². The molecule has 30 heavy (non-hydrogen) atoms. The smallest absolute Gasteiger partial charge is 0.261 e. The van der Waals surface area contributed by atoms with Crippen LogP contribution in [-0.4, -0.2) is 19.4 Å². The molecule has 3 rings (SSSR count). The molecular weight excluding hydrogens is 418 g/mol. The average Bonchev–Trinajstić information content (AvgIpc) is 3.13. The van der Waals surface area contributed by atoms with E-state index in [4.69, 9.17) is 12.2 Å². The molecule has 160 valence electrons. The Balaban J connectivity index is 1.58. The predicted octanol–water partition coefficient (Wildman–Crippen LogP) is 4.50. The summed E-state index contributed by atoms with van der Waals surface area (Å²) in [5.41, 5.74) is 3.10. The van der Waals surface area contributed by atoms with Crippen molar-refractivity contribution in [3.8, 4) is 0 Å². The maximum atomic E-state index is 12.7. The number of amides is 1. The fourth-order valence-electron chi connectivity index (χ4n) is 3.78. The minimum absolute atomic E-state index is 0.0868. The second-order valence-electron chi connectivity index (χ2n) is 7.86. The van der Waals surface area contributed by atoms with Crippen LogP contribution >= 0.6 is 12.2 Å². The molecular formula is C22H27N3O3S2. The maximum Gasteiger partial charge on any atom is 0.261 e. The highest BCUT2D eigenvalue weighted by molar-refractivity contribution is 7.92. The quantitative estimate of drug-likeness (QED) is 0.570. The third-order valence-electron chi connectivity index (χ3n) is 5.10. The van der Waals surface area contributed by atoms with Crippen LogP contribution in [0, 0.1) is 19.8 Å². The number of anilines is 2. The standard InChI is InChI=1S/C22H27N3O3S2/c1-15-11-16(2)13-19(12-15)25-30(27,28)20-9-7-18(8-10-20)23-22(29)24-21(26)14-17-5-3-4-6-17/h7-13,17,25H,3-6,14H2,1-2H3,(H2,23,24,26,29). The Morgan fingerprint density at radius 3 is 2.20 bits per heavy atom. The monoisotopic (exact) mass is 445 g/mol. The molecule has 0 bridgehead atoms. The fraction of sp³-hybridized carbons (Fsp3) is 0.364. The summed E-state index contributed by atoms with van der Waals surface area (Å²) in [6.45, 7) is 3.83. The van der Waals surface area contributed by atoms with Crippen LogP contribution in [-0.2, 0) is 14.8 Å². The van der Waals surface area contributed by atoms with Gasteiger partial charge in [0.15, 0.2) is 5.11 Å². The molecule has 3 N–H and O–H groups in total. The molecule has 6 nitrogen and oxygen atoms in total. The summed E-state index contributed by atoms with van der Waals surface area (Å²) in [6.07, 6.45) is 5.06. The van der Waals surface area contributed by atoms with E-state index in [-0.39, 0.29) is 15.9 Å². The van der Waals surface area contributed by atoms with Gasteiger partial charge in [-0.3, -0.25) is 9.52 Å². The van der Waals surface area contributed by atoms with Crippen LogP contribution in [0.15, 0.2) is 47.4 Å². The van der Waals surface area contributed by atoms with E-state index in [1.165, 1.54) is 25.0 Å². The van der Waals surface area contributed by atoms with Gasteiger partial charge in [-0.1, -0.05) is 18.9 Å². The molecule has 8 heteroatoms. The number of nitrogens with one attached hydrogen (secondary N) is 3. The lowest BCUT2D eigenvalue weighted by Crippen LogP contribution is -2.34. The lowest BCUT2D eigenvalue weighted by Gasteiger charge is -2.13. The molecule has 1 aliphatic rings. The third-order valence-corrected chi connectivity index (χ3v) is 6.70. The second kappa shape index (κ2) is 9.57. The van der Waals surface area contributed by atoms with Crippen molar-refractivity contribution < 1.29 is 13.2 Å². The van der Waals surface area contributed by atoms with Gasteiger partial charge in [-0.05, 0) is 92.4 Å². The number of benzene rings is 2. The van der Waals surface area contributed by atoms with Crippen LogP contribution in [0.25, 0.3) is 0 Å². The molecule has 1 aliphatic carbocycles. The van der Waals surface area contributed by atoms with Crippen molar-refractivity contribution in [2.45, 2.75) is 50.8 Å². The summed E-state index contributed by atoms with van der Waals surface area (Å²) in [7, 11) is -3.70. The van der Waals surface area contributed by atoms with E-state index in [9.17, 15) is 13.2 Å². The van der Waals surface area contributed by atoms with Crippen molar-refractivity contribution in [2.24, 2.45) is 5.92 Å². The molecule has 1 saturated carbocycles. The Morgan fingerprint density at radius 1 is 1.00 bits per heavy atom. The predicted molar refractivity (Wildman–Crippen MR) is 124 cm³/mol. The zero-order valence-corrected chi connectivity index (χ0v) is 18.8. The van der Waals surface area contributed by atoms with Gasteiger partial charge in [0, 0.05) is 17.8 Å². The maximum absolute atomic E-state index is 12.7. The van der Waals surface area contributed by atoms with Crippen LogP contribution < -0.4 is 15.4 Å². The van der Waals surface area contributed by atoms with Gasteiger partial charge in [-0.15, -0.1) is 0 Å². The number of hydrogen-bond donors (Lipinski definition) is 3. The fourth-order valence-corrected chi connectivity index (χ4v) is 5.05. The third kappa shape index (κ3) is 6.27. The molecule has 2 aromatic rings. The summed E-state index contributed by atoms with van der Waals surface area (Å²) < 4.78 is 27.9. The average molecular weight is 446 g/mol. The molecule has 0 aromatic heterocycles. The molecule has 0 atom stereocenters. The molecule has 1 amide bonds. The molecule has 0 heterocycles. The first-order valence-corrected chi connectivity index (χ1v) is 11.9. The summed E-state index contributed by atoms with van der Waals surface area (Å²) >= 11 is 5.20. The molecule has 0 aliphatic heterocycles. The summed E-state index contributed by atoms with van der Waals surface area (Å²) in [6, 6.07) is 11.8. The van der Waals surface area contributed by atoms with E-state index in [1.807, 2.05) is 19.9 Å². The van der Waals surface area contributed by atoms with E-state index >= 15 is 0 Å². The minimum atomic E-state index is -3.70. The molecule has 0 radical (unpaired) electrons. The first-order chi connectivity index (χ1) is 14.2. The van der Waals surface area contributed by atoms with Gasteiger partial charge in [-0.2, -0.15) is 0 Å². The van der Waals surface area contributed by atoms with Gasteiger partial charge in [0.1, 0.15) is 0 Å². The number of rotatable bonds is 6. The van der Waals surface area contributed by atoms with E-state index in [0.29, 0.717) is 23.7 Å². The van der Waals surface area contributed by atoms with E-state index < -0.39 is 10.0 Å². The van der Waals surface area contributed by atoms with E-state index in [1.54, 1.807) is 24.3 Å². The van der Waals surface area contributed by atoms with Crippen LogP contribution in [0.5, 0.6) is 0 Å². The number of aryl methyl sites for hydroxylation is 2. The van der Waals surface area contributed by atoms with Crippen LogP contribution in [0.3, 0.4) is 0 Å². The van der Waals surface area contributed by atoms with Crippen molar-refractivity contribution in [2.75, 3.05) is 10.0 Å². The Bertz CT molecular complexity index is 1010. The topological polar surface area (TPSA) is 87.3 Å². The molecule has 0 spiro atoms. The molecule has 1 fully saturated rings. The normalized spacial score (nSPS) is 14.3. The van der Waals surface area contributed by atoms with Gasteiger partial charge in [0.05, 0.1) is 4.90 Å². The number of sulfonamides is 1. The Labute approximate surface area is 183 Å². The Morgan fingerprint density at radius 2 is 1.60 bits per heavy atom. The van der Waals surface area contributed by atoms with Crippen LogP contribution in [0.4, 0.5) is 11.4 Å². The van der Waals surface area contributed by atoms with Crippen molar-refractivity contribution in [3.63, 3.8) is 0 Å².